The summed E-state index contributed by atoms with van der Waals surface area (Å²) in [5, 5.41) is 0. The van der Waals surface area contributed by atoms with Crippen molar-refractivity contribution in [2.24, 2.45) is 5.92 Å². The van der Waals surface area contributed by atoms with E-state index in [1.807, 2.05) is 6.92 Å². The molecule has 0 N–H and O–H groups in total. The predicted molar refractivity (Wildman–Crippen MR) is 84.8 cm³/mol. The normalized spacial score (nSPS) is 19.4. The quantitative estimate of drug-likeness (QED) is 0.552. The van der Waals surface area contributed by atoms with Crippen molar-refractivity contribution in [1.29, 1.82) is 0 Å². The average molecular weight is 295 g/mol. The van der Waals surface area contributed by atoms with Crippen LogP contribution >= 0.6 is 0 Å². The SMILES string of the molecule is CCCCC(=O)CCC1CCCC[C]1CCC(=O)OCC. The molecule has 21 heavy (non-hydrogen) atoms. The fourth-order valence-corrected chi connectivity index (χ4v) is 3.16. The van der Waals surface area contributed by atoms with Gasteiger partial charge < -0.3 is 4.74 Å². The highest BCUT2D eigenvalue weighted by molar-refractivity contribution is 5.78. The first kappa shape index (κ1) is 18.2. The zero-order valence-corrected chi connectivity index (χ0v) is 13.8. The minimum Gasteiger partial charge on any atom is -0.466 e. The number of carbonyl (C=O) groups is 2. The Balaban J connectivity index is 2.31. The smallest absolute Gasteiger partial charge is 0.305 e. The molecule has 1 radical (unpaired) electrons. The second-order valence-corrected chi connectivity index (χ2v) is 6.09. The van der Waals surface area contributed by atoms with Crippen LogP contribution in [0.4, 0.5) is 0 Å². The van der Waals surface area contributed by atoms with Crippen LogP contribution in [-0.2, 0) is 14.3 Å². The molecule has 3 heteroatoms. The highest BCUT2D eigenvalue weighted by Gasteiger charge is 2.26. The van der Waals surface area contributed by atoms with Gasteiger partial charge in [0.1, 0.15) is 5.78 Å². The summed E-state index contributed by atoms with van der Waals surface area (Å²) in [6, 6.07) is 0. The third-order valence-electron chi connectivity index (χ3n) is 4.41. The lowest BCUT2D eigenvalue weighted by Gasteiger charge is -2.31. The van der Waals surface area contributed by atoms with Crippen LogP contribution < -0.4 is 0 Å². The molecule has 0 aromatic heterocycles. The van der Waals surface area contributed by atoms with Crippen molar-refractivity contribution in [3.05, 3.63) is 5.92 Å². The van der Waals surface area contributed by atoms with Crippen LogP contribution in [0, 0.1) is 11.8 Å². The van der Waals surface area contributed by atoms with Crippen molar-refractivity contribution in [2.75, 3.05) is 6.61 Å². The largest absolute Gasteiger partial charge is 0.466 e. The molecule has 1 aliphatic carbocycles. The van der Waals surface area contributed by atoms with Crippen molar-refractivity contribution >= 4 is 11.8 Å². The number of Topliss-reactive ketones (excluding diaryl/α,β-unsaturated/α-hetero) is 1. The summed E-state index contributed by atoms with van der Waals surface area (Å²) >= 11 is 0. The first-order chi connectivity index (χ1) is 10.2. The van der Waals surface area contributed by atoms with Gasteiger partial charge in [-0.25, -0.2) is 0 Å². The Morgan fingerprint density at radius 1 is 1.14 bits per heavy atom. The van der Waals surface area contributed by atoms with Crippen LogP contribution in [-0.4, -0.2) is 18.4 Å². The molecule has 1 aliphatic rings. The number of esters is 1. The summed E-state index contributed by atoms with van der Waals surface area (Å²) in [5.74, 6) is 2.37. The van der Waals surface area contributed by atoms with Gasteiger partial charge >= 0.3 is 5.97 Å². The minimum absolute atomic E-state index is 0.0895. The summed E-state index contributed by atoms with van der Waals surface area (Å²) in [6.45, 7) is 4.43. The molecule has 0 aromatic rings. The Kier molecular flexibility index (Phi) is 9.36. The van der Waals surface area contributed by atoms with Gasteiger partial charge in [-0.05, 0) is 50.9 Å². The van der Waals surface area contributed by atoms with E-state index in [2.05, 4.69) is 6.92 Å². The number of hydrogen-bond acceptors (Lipinski definition) is 3. The maximum Gasteiger partial charge on any atom is 0.305 e. The van der Waals surface area contributed by atoms with Crippen LogP contribution in [0.1, 0.15) is 84.5 Å². The molecule has 0 spiro atoms. The summed E-state index contributed by atoms with van der Waals surface area (Å²) in [6.07, 6.45) is 10.7. The highest BCUT2D eigenvalue weighted by Crippen LogP contribution is 2.37. The lowest BCUT2D eigenvalue weighted by molar-refractivity contribution is -0.143. The Labute approximate surface area is 129 Å². The average Bonchev–Trinajstić information content (AvgIpc) is 2.50. The number of carbonyl (C=O) groups excluding carboxylic acids is 2. The zero-order valence-electron chi connectivity index (χ0n) is 13.8. The summed E-state index contributed by atoms with van der Waals surface area (Å²) in [7, 11) is 0. The van der Waals surface area contributed by atoms with E-state index < -0.39 is 0 Å². The van der Waals surface area contributed by atoms with E-state index in [1.54, 1.807) is 0 Å². The van der Waals surface area contributed by atoms with Crippen molar-refractivity contribution in [3.63, 3.8) is 0 Å². The standard InChI is InChI=1S/C18H31O3/c1-3-5-10-17(19)13-11-15-8-6-7-9-16(15)12-14-18(20)21-4-2/h15H,3-14H2,1-2H3. The Morgan fingerprint density at radius 3 is 2.67 bits per heavy atom. The molecule has 0 aromatic carbocycles. The van der Waals surface area contributed by atoms with Crippen LogP contribution in [0.3, 0.4) is 0 Å². The molecule has 0 bridgehead atoms. The number of ether oxygens (including phenoxy) is 1. The van der Waals surface area contributed by atoms with Crippen molar-refractivity contribution in [2.45, 2.75) is 84.5 Å². The third-order valence-corrected chi connectivity index (χ3v) is 4.41. The molecule has 1 rings (SSSR count). The van der Waals surface area contributed by atoms with E-state index in [0.717, 1.165) is 38.5 Å². The molecule has 1 saturated carbocycles. The van der Waals surface area contributed by atoms with Crippen LogP contribution in [0.15, 0.2) is 0 Å². The van der Waals surface area contributed by atoms with Gasteiger partial charge in [-0.15, -0.1) is 0 Å². The predicted octanol–water partition coefficient (Wildman–Crippen LogP) is 4.63. The molecule has 0 saturated heterocycles. The number of hydrogen-bond donors (Lipinski definition) is 0. The molecule has 0 aliphatic heterocycles. The summed E-state index contributed by atoms with van der Waals surface area (Å²) in [4.78, 5) is 23.3. The lowest BCUT2D eigenvalue weighted by Crippen LogP contribution is -2.20. The summed E-state index contributed by atoms with van der Waals surface area (Å²) in [5.41, 5.74) is 0. The van der Waals surface area contributed by atoms with E-state index in [4.69, 9.17) is 4.74 Å². The fourth-order valence-electron chi connectivity index (χ4n) is 3.16. The maximum atomic E-state index is 11.8. The number of unbranched alkanes of at least 4 members (excludes halogenated alkanes) is 1. The van der Waals surface area contributed by atoms with Crippen molar-refractivity contribution in [3.8, 4) is 0 Å². The monoisotopic (exact) mass is 295 g/mol. The first-order valence-corrected chi connectivity index (χ1v) is 8.69. The van der Waals surface area contributed by atoms with E-state index in [1.165, 1.54) is 25.2 Å². The molecular weight excluding hydrogens is 264 g/mol. The molecule has 1 atom stereocenters. The molecule has 0 heterocycles. The van der Waals surface area contributed by atoms with Gasteiger partial charge in [-0.2, -0.15) is 0 Å². The van der Waals surface area contributed by atoms with Gasteiger partial charge in [0.25, 0.3) is 0 Å². The first-order valence-electron chi connectivity index (χ1n) is 8.69. The van der Waals surface area contributed by atoms with Gasteiger partial charge in [0, 0.05) is 19.3 Å². The van der Waals surface area contributed by atoms with E-state index >= 15 is 0 Å². The Bertz CT molecular complexity index is 312. The minimum atomic E-state index is -0.0895. The Morgan fingerprint density at radius 2 is 1.95 bits per heavy atom. The lowest BCUT2D eigenvalue weighted by atomic mass is 9.74. The van der Waals surface area contributed by atoms with Crippen LogP contribution in [0.2, 0.25) is 0 Å². The molecule has 121 valence electrons. The van der Waals surface area contributed by atoms with Gasteiger partial charge in [0.2, 0.25) is 0 Å². The number of ketones is 1. The topological polar surface area (TPSA) is 43.4 Å². The Hall–Kier alpha value is -0.860. The van der Waals surface area contributed by atoms with Gasteiger partial charge in [0.15, 0.2) is 0 Å². The second kappa shape index (κ2) is 10.8. The zero-order chi connectivity index (χ0) is 15.5. The van der Waals surface area contributed by atoms with E-state index in [9.17, 15) is 9.59 Å². The molecule has 0 amide bonds. The molecule has 3 nitrogen and oxygen atoms in total. The van der Waals surface area contributed by atoms with Crippen molar-refractivity contribution in [1.82, 2.24) is 0 Å². The van der Waals surface area contributed by atoms with Gasteiger partial charge in [0.05, 0.1) is 6.61 Å². The van der Waals surface area contributed by atoms with Crippen molar-refractivity contribution < 1.29 is 14.3 Å². The number of rotatable bonds is 10. The summed E-state index contributed by atoms with van der Waals surface area (Å²) < 4.78 is 5.00. The molecular formula is C18H31O3. The second-order valence-electron chi connectivity index (χ2n) is 6.09. The van der Waals surface area contributed by atoms with Crippen LogP contribution in [0.5, 0.6) is 0 Å². The van der Waals surface area contributed by atoms with Gasteiger partial charge in [-0.3, -0.25) is 9.59 Å². The molecule has 1 unspecified atom stereocenters. The van der Waals surface area contributed by atoms with Gasteiger partial charge in [-0.1, -0.05) is 26.2 Å². The highest BCUT2D eigenvalue weighted by atomic mass is 16.5. The maximum absolute atomic E-state index is 11.8. The van der Waals surface area contributed by atoms with E-state index in [0.29, 0.717) is 31.1 Å². The molecule has 1 fully saturated rings. The fraction of sp³-hybridized carbons (Fsp3) is 0.833. The van der Waals surface area contributed by atoms with E-state index in [-0.39, 0.29) is 5.97 Å². The van der Waals surface area contributed by atoms with Crippen LogP contribution in [0.25, 0.3) is 0 Å². The third kappa shape index (κ3) is 7.63.